The molecule has 6 nitrogen and oxygen atoms in total. The third-order valence-corrected chi connectivity index (χ3v) is 9.06. The van der Waals surface area contributed by atoms with Crippen molar-refractivity contribution in [2.75, 3.05) is 13.1 Å². The Bertz CT molecular complexity index is 774. The lowest BCUT2D eigenvalue weighted by atomic mass is 10.0. The topological polar surface area (TPSA) is 74.8 Å². The normalized spacial score (nSPS) is 23.1. The van der Waals surface area contributed by atoms with E-state index in [0.29, 0.717) is 13.1 Å². The quantitative estimate of drug-likeness (QED) is 0.751. The second-order valence-electron chi connectivity index (χ2n) is 6.52. The van der Waals surface area contributed by atoms with Crippen molar-refractivity contribution in [3.63, 3.8) is 0 Å². The number of sulfonamides is 2. The number of rotatable bonds is 6. The van der Waals surface area contributed by atoms with Crippen molar-refractivity contribution in [3.8, 4) is 0 Å². The molecule has 1 aromatic rings. The summed E-state index contributed by atoms with van der Waals surface area (Å²) in [4.78, 5) is 0.265. The molecule has 0 radical (unpaired) electrons. The molecular weight excluding hydrogens is 360 g/mol. The van der Waals surface area contributed by atoms with Crippen molar-refractivity contribution >= 4 is 20.0 Å². The van der Waals surface area contributed by atoms with Crippen LogP contribution >= 0.6 is 0 Å². The summed E-state index contributed by atoms with van der Waals surface area (Å²) in [5, 5.41) is 0. The van der Waals surface area contributed by atoms with Crippen LogP contribution in [-0.4, -0.2) is 50.6 Å². The van der Waals surface area contributed by atoms with E-state index in [1.54, 1.807) is 18.2 Å². The summed E-state index contributed by atoms with van der Waals surface area (Å²) in [6.07, 6.45) is 2.71. The van der Waals surface area contributed by atoms with Gasteiger partial charge >= 0.3 is 0 Å². The summed E-state index contributed by atoms with van der Waals surface area (Å²) in [6, 6.07) is 5.49. The SMILES string of the molecule is CCN(CC)S(=O)(=O)c1ccc(S(=O)(=O)N2[C@H](C)CCC[C@@H]2C)cc1. The molecule has 8 heteroatoms. The van der Waals surface area contributed by atoms with Gasteiger partial charge in [-0.2, -0.15) is 8.61 Å². The number of benzene rings is 1. The molecule has 0 bridgehead atoms. The molecule has 25 heavy (non-hydrogen) atoms. The third-order valence-electron chi connectivity index (χ3n) is 4.85. The Morgan fingerprint density at radius 1 is 0.920 bits per heavy atom. The summed E-state index contributed by atoms with van der Waals surface area (Å²) in [5.74, 6) is 0. The molecule has 0 unspecified atom stereocenters. The van der Waals surface area contributed by atoms with E-state index in [2.05, 4.69) is 0 Å². The number of hydrogen-bond acceptors (Lipinski definition) is 4. The fraction of sp³-hybridized carbons (Fsp3) is 0.647. The Labute approximate surface area is 151 Å². The highest BCUT2D eigenvalue weighted by molar-refractivity contribution is 7.89. The van der Waals surface area contributed by atoms with Crippen molar-refractivity contribution in [1.29, 1.82) is 0 Å². The minimum atomic E-state index is -3.63. The van der Waals surface area contributed by atoms with Crippen LogP contribution in [0.15, 0.2) is 34.1 Å². The Balaban J connectivity index is 2.36. The summed E-state index contributed by atoms with van der Waals surface area (Å²) in [7, 11) is -7.21. The van der Waals surface area contributed by atoms with Gasteiger partial charge in [-0.25, -0.2) is 16.8 Å². The van der Waals surface area contributed by atoms with Crippen LogP contribution in [0.3, 0.4) is 0 Å². The maximum absolute atomic E-state index is 13.0. The lowest BCUT2D eigenvalue weighted by molar-refractivity contribution is 0.204. The van der Waals surface area contributed by atoms with Gasteiger partial charge < -0.3 is 0 Å². The van der Waals surface area contributed by atoms with Gasteiger partial charge in [-0.05, 0) is 51.0 Å². The molecule has 2 rings (SSSR count). The van der Waals surface area contributed by atoms with Crippen LogP contribution in [0.2, 0.25) is 0 Å². The van der Waals surface area contributed by atoms with E-state index >= 15 is 0 Å². The maximum Gasteiger partial charge on any atom is 0.243 e. The molecule has 0 aromatic heterocycles. The zero-order chi connectivity index (χ0) is 18.8. The van der Waals surface area contributed by atoms with Crippen LogP contribution in [0.4, 0.5) is 0 Å². The van der Waals surface area contributed by atoms with E-state index in [-0.39, 0.29) is 21.9 Å². The smallest absolute Gasteiger partial charge is 0.207 e. The molecule has 1 fully saturated rings. The first-order valence-electron chi connectivity index (χ1n) is 8.80. The minimum Gasteiger partial charge on any atom is -0.207 e. The largest absolute Gasteiger partial charge is 0.243 e. The Kier molecular flexibility index (Phi) is 6.30. The predicted octanol–water partition coefficient (Wildman–Crippen LogP) is 2.67. The van der Waals surface area contributed by atoms with E-state index in [1.807, 2.05) is 13.8 Å². The van der Waals surface area contributed by atoms with E-state index in [1.165, 1.54) is 28.6 Å². The molecule has 1 saturated heterocycles. The molecule has 1 aliphatic rings. The van der Waals surface area contributed by atoms with Crippen molar-refractivity contribution in [1.82, 2.24) is 8.61 Å². The number of piperidine rings is 1. The number of hydrogen-bond donors (Lipinski definition) is 0. The van der Waals surface area contributed by atoms with Crippen molar-refractivity contribution in [2.24, 2.45) is 0 Å². The van der Waals surface area contributed by atoms with Crippen LogP contribution in [0.25, 0.3) is 0 Å². The molecule has 0 N–H and O–H groups in total. The average molecular weight is 389 g/mol. The molecule has 1 aromatic carbocycles. The van der Waals surface area contributed by atoms with Crippen LogP contribution in [0.1, 0.15) is 47.0 Å². The summed E-state index contributed by atoms with van der Waals surface area (Å²) in [6.45, 7) is 8.15. The van der Waals surface area contributed by atoms with E-state index in [0.717, 1.165) is 19.3 Å². The minimum absolute atomic E-state index is 0.0483. The van der Waals surface area contributed by atoms with Crippen molar-refractivity contribution in [2.45, 2.75) is 68.8 Å². The van der Waals surface area contributed by atoms with Gasteiger partial charge in [0.15, 0.2) is 0 Å². The fourth-order valence-electron chi connectivity index (χ4n) is 3.49. The van der Waals surface area contributed by atoms with Crippen LogP contribution in [0, 0.1) is 0 Å². The first-order chi connectivity index (χ1) is 11.7. The van der Waals surface area contributed by atoms with Gasteiger partial charge in [0.25, 0.3) is 0 Å². The average Bonchev–Trinajstić information content (AvgIpc) is 2.55. The van der Waals surface area contributed by atoms with E-state index in [4.69, 9.17) is 0 Å². The molecule has 0 amide bonds. The van der Waals surface area contributed by atoms with E-state index in [9.17, 15) is 16.8 Å². The molecular formula is C17H28N2O4S2. The van der Waals surface area contributed by atoms with Gasteiger partial charge in [-0.3, -0.25) is 0 Å². The van der Waals surface area contributed by atoms with Crippen LogP contribution in [-0.2, 0) is 20.0 Å². The highest BCUT2D eigenvalue weighted by Crippen LogP contribution is 2.30. The monoisotopic (exact) mass is 388 g/mol. The van der Waals surface area contributed by atoms with Crippen LogP contribution < -0.4 is 0 Å². The summed E-state index contributed by atoms with van der Waals surface area (Å²) in [5.41, 5.74) is 0. The van der Waals surface area contributed by atoms with Crippen molar-refractivity contribution < 1.29 is 16.8 Å². The Morgan fingerprint density at radius 3 is 1.80 bits per heavy atom. The molecule has 1 aliphatic heterocycles. The summed E-state index contributed by atoms with van der Waals surface area (Å²) >= 11 is 0. The van der Waals surface area contributed by atoms with Gasteiger partial charge in [0, 0.05) is 25.2 Å². The molecule has 0 saturated carbocycles. The second kappa shape index (κ2) is 7.73. The van der Waals surface area contributed by atoms with Gasteiger partial charge in [0.05, 0.1) is 9.79 Å². The van der Waals surface area contributed by atoms with Gasteiger partial charge in [-0.1, -0.05) is 20.3 Å². The Hall–Kier alpha value is -0.960. The number of nitrogens with zero attached hydrogens (tertiary/aromatic N) is 2. The lowest BCUT2D eigenvalue weighted by Crippen LogP contribution is -2.47. The van der Waals surface area contributed by atoms with Crippen LogP contribution in [0.5, 0.6) is 0 Å². The van der Waals surface area contributed by atoms with Gasteiger partial charge in [0.1, 0.15) is 0 Å². The fourth-order valence-corrected chi connectivity index (χ4v) is 6.83. The first-order valence-corrected chi connectivity index (χ1v) is 11.7. The standard InChI is InChI=1S/C17H28N2O4S2/c1-5-18(6-2)24(20,21)16-10-12-17(13-11-16)25(22,23)19-14(3)8-7-9-15(19)4/h10-15H,5-9H2,1-4H3/t14-,15+. The highest BCUT2D eigenvalue weighted by atomic mass is 32.2. The summed E-state index contributed by atoms with van der Waals surface area (Å²) < 4.78 is 53.9. The Morgan fingerprint density at radius 2 is 1.36 bits per heavy atom. The molecule has 1 heterocycles. The highest BCUT2D eigenvalue weighted by Gasteiger charge is 2.35. The molecule has 2 atom stereocenters. The maximum atomic E-state index is 13.0. The molecule has 0 spiro atoms. The zero-order valence-corrected chi connectivity index (χ0v) is 17.0. The van der Waals surface area contributed by atoms with Gasteiger partial charge in [-0.15, -0.1) is 0 Å². The van der Waals surface area contributed by atoms with E-state index < -0.39 is 20.0 Å². The lowest BCUT2D eigenvalue weighted by Gasteiger charge is -2.37. The van der Waals surface area contributed by atoms with Gasteiger partial charge in [0.2, 0.25) is 20.0 Å². The molecule has 0 aliphatic carbocycles. The predicted molar refractivity (Wildman–Crippen MR) is 98.3 cm³/mol. The zero-order valence-electron chi connectivity index (χ0n) is 15.3. The second-order valence-corrected chi connectivity index (χ2v) is 10.3. The first kappa shape index (κ1) is 20.4. The third kappa shape index (κ3) is 3.92. The van der Waals surface area contributed by atoms with Crippen molar-refractivity contribution in [3.05, 3.63) is 24.3 Å². The molecule has 142 valence electrons.